The standard InChI is InChI=1S/C19H23FN4O3/c20-16-6-2-1-4-14(16)7-9-21-19(27)23-10-3-5-15(12-23)17-8-11-24(22-17)13-18(25)26/h1-2,4,6,8,11,15H,3,5,7,9-10,12-13H2,(H,21,27)(H,25,26). The van der Waals surface area contributed by atoms with E-state index in [0.29, 0.717) is 31.6 Å². The van der Waals surface area contributed by atoms with E-state index in [1.807, 2.05) is 6.07 Å². The molecule has 3 rings (SSSR count). The number of carboxylic acids is 1. The maximum Gasteiger partial charge on any atom is 0.325 e. The highest BCUT2D eigenvalue weighted by atomic mass is 19.1. The van der Waals surface area contributed by atoms with Gasteiger partial charge in [0.1, 0.15) is 12.4 Å². The number of hydrogen-bond donors (Lipinski definition) is 2. The van der Waals surface area contributed by atoms with Gasteiger partial charge in [-0.3, -0.25) is 9.48 Å². The summed E-state index contributed by atoms with van der Waals surface area (Å²) in [6.07, 6.45) is 3.85. The van der Waals surface area contributed by atoms with E-state index in [0.717, 1.165) is 18.5 Å². The monoisotopic (exact) mass is 374 g/mol. The van der Waals surface area contributed by atoms with Crippen LogP contribution in [0.4, 0.5) is 9.18 Å². The predicted molar refractivity (Wildman–Crippen MR) is 96.9 cm³/mol. The Balaban J connectivity index is 1.51. The van der Waals surface area contributed by atoms with Crippen molar-refractivity contribution in [3.05, 3.63) is 53.6 Å². The Morgan fingerprint density at radius 1 is 1.30 bits per heavy atom. The molecule has 0 aliphatic carbocycles. The second kappa shape index (κ2) is 8.66. The van der Waals surface area contributed by atoms with E-state index in [-0.39, 0.29) is 24.3 Å². The fourth-order valence-corrected chi connectivity index (χ4v) is 3.34. The molecule has 1 aromatic heterocycles. The predicted octanol–water partition coefficient (Wildman–Crippen LogP) is 2.24. The van der Waals surface area contributed by atoms with Gasteiger partial charge in [0.25, 0.3) is 0 Å². The van der Waals surface area contributed by atoms with Crippen LogP contribution in [0.5, 0.6) is 0 Å². The average Bonchev–Trinajstić information content (AvgIpc) is 3.11. The Bertz CT molecular complexity index is 808. The highest BCUT2D eigenvalue weighted by molar-refractivity contribution is 5.74. The van der Waals surface area contributed by atoms with E-state index < -0.39 is 5.97 Å². The van der Waals surface area contributed by atoms with Gasteiger partial charge in [-0.05, 0) is 37.0 Å². The van der Waals surface area contributed by atoms with E-state index in [4.69, 9.17) is 5.11 Å². The summed E-state index contributed by atoms with van der Waals surface area (Å²) in [5.41, 5.74) is 1.39. The van der Waals surface area contributed by atoms with Crippen molar-refractivity contribution in [1.82, 2.24) is 20.0 Å². The van der Waals surface area contributed by atoms with Gasteiger partial charge in [-0.2, -0.15) is 5.10 Å². The number of amides is 2. The Hall–Kier alpha value is -2.90. The van der Waals surface area contributed by atoms with Gasteiger partial charge in [0.15, 0.2) is 0 Å². The van der Waals surface area contributed by atoms with Crippen LogP contribution in [-0.4, -0.2) is 51.4 Å². The van der Waals surface area contributed by atoms with Crippen LogP contribution in [0.1, 0.15) is 30.0 Å². The van der Waals surface area contributed by atoms with Gasteiger partial charge in [0, 0.05) is 31.7 Å². The molecule has 2 heterocycles. The number of likely N-dealkylation sites (tertiary alicyclic amines) is 1. The molecular weight excluding hydrogens is 351 g/mol. The summed E-state index contributed by atoms with van der Waals surface area (Å²) >= 11 is 0. The molecule has 1 atom stereocenters. The van der Waals surface area contributed by atoms with Gasteiger partial charge in [-0.1, -0.05) is 18.2 Å². The average molecular weight is 374 g/mol. The van der Waals surface area contributed by atoms with Gasteiger partial charge < -0.3 is 15.3 Å². The number of nitrogens with zero attached hydrogens (tertiary/aromatic N) is 3. The lowest BCUT2D eigenvalue weighted by atomic mass is 9.95. The number of halogens is 1. The van der Waals surface area contributed by atoms with Gasteiger partial charge in [-0.25, -0.2) is 9.18 Å². The van der Waals surface area contributed by atoms with E-state index in [2.05, 4.69) is 10.4 Å². The number of benzene rings is 1. The quantitative estimate of drug-likeness (QED) is 0.812. The molecule has 1 aliphatic heterocycles. The van der Waals surface area contributed by atoms with Gasteiger partial charge in [0.2, 0.25) is 0 Å². The van der Waals surface area contributed by atoms with Crippen LogP contribution >= 0.6 is 0 Å². The first kappa shape index (κ1) is 18.9. The zero-order valence-electron chi connectivity index (χ0n) is 15.0. The second-order valence-electron chi connectivity index (χ2n) is 6.69. The van der Waals surface area contributed by atoms with Crippen LogP contribution in [0.3, 0.4) is 0 Å². The number of urea groups is 1. The third kappa shape index (κ3) is 5.06. The summed E-state index contributed by atoms with van der Waals surface area (Å²) < 4.78 is 15.0. The number of carbonyl (C=O) groups excluding carboxylic acids is 1. The number of piperidine rings is 1. The van der Waals surface area contributed by atoms with Gasteiger partial charge in [-0.15, -0.1) is 0 Å². The van der Waals surface area contributed by atoms with Crippen molar-refractivity contribution in [1.29, 1.82) is 0 Å². The normalized spacial score (nSPS) is 16.9. The summed E-state index contributed by atoms with van der Waals surface area (Å²) in [7, 11) is 0. The molecule has 1 aliphatic rings. The smallest absolute Gasteiger partial charge is 0.325 e. The van der Waals surface area contributed by atoms with Crippen molar-refractivity contribution in [2.45, 2.75) is 31.7 Å². The molecule has 1 unspecified atom stereocenters. The van der Waals surface area contributed by atoms with Gasteiger partial charge in [0.05, 0.1) is 5.69 Å². The summed E-state index contributed by atoms with van der Waals surface area (Å²) in [6, 6.07) is 8.19. The minimum Gasteiger partial charge on any atom is -0.480 e. The SMILES string of the molecule is O=C(O)Cn1ccc(C2CCCN(C(=O)NCCc3ccccc3F)C2)n1. The lowest BCUT2D eigenvalue weighted by molar-refractivity contribution is -0.137. The summed E-state index contributed by atoms with van der Waals surface area (Å²) in [5.74, 6) is -1.11. The maximum absolute atomic E-state index is 13.6. The number of carbonyl (C=O) groups is 2. The molecule has 144 valence electrons. The molecule has 1 fully saturated rings. The number of hydrogen-bond acceptors (Lipinski definition) is 3. The van der Waals surface area contributed by atoms with Crippen LogP contribution in [-0.2, 0) is 17.8 Å². The van der Waals surface area contributed by atoms with Crippen LogP contribution in [0.15, 0.2) is 36.5 Å². The first-order valence-electron chi connectivity index (χ1n) is 9.04. The maximum atomic E-state index is 13.6. The van der Waals surface area contributed by atoms with Crippen molar-refractivity contribution in [3.8, 4) is 0 Å². The molecule has 0 saturated carbocycles. The van der Waals surface area contributed by atoms with Crippen molar-refractivity contribution in [2.24, 2.45) is 0 Å². The van der Waals surface area contributed by atoms with Crippen molar-refractivity contribution < 1.29 is 19.1 Å². The van der Waals surface area contributed by atoms with Crippen molar-refractivity contribution in [3.63, 3.8) is 0 Å². The highest BCUT2D eigenvalue weighted by Crippen LogP contribution is 2.25. The zero-order valence-corrected chi connectivity index (χ0v) is 15.0. The van der Waals surface area contributed by atoms with E-state index >= 15 is 0 Å². The molecule has 2 aromatic rings. The Labute approximate surface area is 156 Å². The molecule has 0 spiro atoms. The minimum atomic E-state index is -0.941. The Morgan fingerprint density at radius 3 is 2.89 bits per heavy atom. The van der Waals surface area contributed by atoms with E-state index in [9.17, 15) is 14.0 Å². The van der Waals surface area contributed by atoms with Crippen molar-refractivity contribution in [2.75, 3.05) is 19.6 Å². The lowest BCUT2D eigenvalue weighted by Crippen LogP contribution is -2.45. The van der Waals surface area contributed by atoms with E-state index in [1.165, 1.54) is 10.7 Å². The van der Waals surface area contributed by atoms with Crippen molar-refractivity contribution >= 4 is 12.0 Å². The first-order chi connectivity index (χ1) is 13.0. The number of nitrogens with one attached hydrogen (secondary N) is 1. The van der Waals surface area contributed by atoms with Crippen LogP contribution < -0.4 is 5.32 Å². The third-order valence-corrected chi connectivity index (χ3v) is 4.71. The van der Waals surface area contributed by atoms with E-state index in [1.54, 1.807) is 29.3 Å². The van der Waals surface area contributed by atoms with Gasteiger partial charge >= 0.3 is 12.0 Å². The summed E-state index contributed by atoms with van der Waals surface area (Å²) in [4.78, 5) is 24.9. The molecule has 8 heteroatoms. The fourth-order valence-electron chi connectivity index (χ4n) is 3.34. The molecule has 27 heavy (non-hydrogen) atoms. The third-order valence-electron chi connectivity index (χ3n) is 4.71. The lowest BCUT2D eigenvalue weighted by Gasteiger charge is -2.32. The molecule has 0 bridgehead atoms. The Morgan fingerprint density at radius 2 is 2.11 bits per heavy atom. The molecule has 1 saturated heterocycles. The van der Waals surface area contributed by atoms with Crippen LogP contribution in [0, 0.1) is 5.82 Å². The minimum absolute atomic E-state index is 0.0890. The number of rotatable bonds is 6. The second-order valence-corrected chi connectivity index (χ2v) is 6.69. The molecule has 1 aromatic carbocycles. The number of carboxylic acid groups (broad SMARTS) is 1. The summed E-state index contributed by atoms with van der Waals surface area (Å²) in [6.45, 7) is 1.40. The molecular formula is C19H23FN4O3. The zero-order chi connectivity index (χ0) is 19.2. The van der Waals surface area contributed by atoms with Crippen LogP contribution in [0.25, 0.3) is 0 Å². The number of aliphatic carboxylic acids is 1. The first-order valence-corrected chi connectivity index (χ1v) is 9.04. The molecule has 2 amide bonds. The molecule has 2 N–H and O–H groups in total. The largest absolute Gasteiger partial charge is 0.480 e. The fraction of sp³-hybridized carbons (Fsp3) is 0.421. The highest BCUT2D eigenvalue weighted by Gasteiger charge is 2.26. The molecule has 7 nitrogen and oxygen atoms in total. The molecule has 0 radical (unpaired) electrons. The van der Waals surface area contributed by atoms with Crippen LogP contribution in [0.2, 0.25) is 0 Å². The summed E-state index contributed by atoms with van der Waals surface area (Å²) in [5, 5.41) is 16.0. The topological polar surface area (TPSA) is 87.5 Å². The Kier molecular flexibility index (Phi) is 6.05. The number of aromatic nitrogens is 2.